The van der Waals surface area contributed by atoms with Gasteiger partial charge in [0.25, 0.3) is 0 Å². The Hall–Kier alpha value is -0.880. The van der Waals surface area contributed by atoms with Gasteiger partial charge in [0, 0.05) is 16.8 Å². The summed E-state index contributed by atoms with van der Waals surface area (Å²) < 4.78 is 3.07. The van der Waals surface area contributed by atoms with E-state index in [0.717, 1.165) is 5.69 Å². The average Bonchev–Trinajstić information content (AvgIpc) is 2.69. The molecule has 0 radical (unpaired) electrons. The van der Waals surface area contributed by atoms with Gasteiger partial charge in [0.1, 0.15) is 0 Å². The van der Waals surface area contributed by atoms with Crippen LogP contribution in [0.2, 0.25) is 0 Å². The summed E-state index contributed by atoms with van der Waals surface area (Å²) in [7, 11) is 3.89. The van der Waals surface area contributed by atoms with Gasteiger partial charge in [-0.3, -0.25) is 4.68 Å². The molecule has 0 bridgehead atoms. The number of hydrogen-bond acceptors (Lipinski definition) is 2. The fourth-order valence-corrected chi connectivity index (χ4v) is 2.09. The molecule has 0 amide bonds. The molecule has 0 aliphatic heterocycles. The second kappa shape index (κ2) is 4.97. The molecule has 84 valence electrons. The maximum Gasteiger partial charge on any atom is 0.0839 e. The summed E-state index contributed by atoms with van der Waals surface area (Å²) in [6.07, 6.45) is 1.96. The van der Waals surface area contributed by atoms with Crippen LogP contribution in [0.1, 0.15) is 17.3 Å². The van der Waals surface area contributed by atoms with E-state index in [1.165, 1.54) is 9.13 Å². The number of aryl methyl sites for hydroxylation is 1. The van der Waals surface area contributed by atoms with Gasteiger partial charge >= 0.3 is 0 Å². The first kappa shape index (κ1) is 11.6. The lowest BCUT2D eigenvalue weighted by molar-refractivity contribution is 0.642. The van der Waals surface area contributed by atoms with E-state index in [-0.39, 0.29) is 6.04 Å². The topological polar surface area (TPSA) is 29.9 Å². The van der Waals surface area contributed by atoms with Gasteiger partial charge in [-0.1, -0.05) is 12.1 Å². The van der Waals surface area contributed by atoms with E-state index in [2.05, 4.69) is 57.3 Å². The summed E-state index contributed by atoms with van der Waals surface area (Å²) in [6, 6.07) is 10.7. The molecular formula is C12H14IN3. The van der Waals surface area contributed by atoms with Gasteiger partial charge in [0.15, 0.2) is 0 Å². The monoisotopic (exact) mass is 327 g/mol. The molecular weight excluding hydrogens is 313 g/mol. The highest BCUT2D eigenvalue weighted by Crippen LogP contribution is 2.20. The Balaban J connectivity index is 2.32. The van der Waals surface area contributed by atoms with Crippen LogP contribution < -0.4 is 5.32 Å². The van der Waals surface area contributed by atoms with Crippen molar-refractivity contribution in [2.45, 2.75) is 6.04 Å². The molecule has 1 aromatic heterocycles. The molecule has 0 saturated heterocycles. The van der Waals surface area contributed by atoms with E-state index in [4.69, 9.17) is 0 Å². The lowest BCUT2D eigenvalue weighted by Gasteiger charge is -2.14. The molecule has 1 unspecified atom stereocenters. The molecule has 2 rings (SSSR count). The fraction of sp³-hybridized carbons (Fsp3) is 0.250. The number of rotatable bonds is 3. The highest BCUT2D eigenvalue weighted by Gasteiger charge is 2.13. The van der Waals surface area contributed by atoms with Gasteiger partial charge in [-0.2, -0.15) is 5.10 Å². The van der Waals surface area contributed by atoms with Gasteiger partial charge < -0.3 is 5.32 Å². The predicted octanol–water partition coefficient (Wildman–Crippen LogP) is 2.33. The van der Waals surface area contributed by atoms with Gasteiger partial charge in [-0.05, 0) is 53.4 Å². The SMILES string of the molecule is CNC(c1ccc(I)cc1)c1ccn(C)n1. The van der Waals surface area contributed by atoms with Gasteiger partial charge in [0.05, 0.1) is 11.7 Å². The predicted molar refractivity (Wildman–Crippen MR) is 73.3 cm³/mol. The van der Waals surface area contributed by atoms with Crippen LogP contribution in [0.4, 0.5) is 0 Å². The van der Waals surface area contributed by atoms with Crippen molar-refractivity contribution in [1.29, 1.82) is 0 Å². The summed E-state index contributed by atoms with van der Waals surface area (Å²) >= 11 is 2.31. The molecule has 16 heavy (non-hydrogen) atoms. The Morgan fingerprint density at radius 3 is 2.44 bits per heavy atom. The minimum Gasteiger partial charge on any atom is -0.308 e. The number of hydrogen-bond donors (Lipinski definition) is 1. The normalized spacial score (nSPS) is 12.7. The molecule has 0 aliphatic carbocycles. The maximum absolute atomic E-state index is 4.43. The minimum atomic E-state index is 0.165. The van der Waals surface area contributed by atoms with Crippen LogP contribution in [0.25, 0.3) is 0 Å². The summed E-state index contributed by atoms with van der Waals surface area (Å²) in [5.41, 5.74) is 2.29. The zero-order valence-electron chi connectivity index (χ0n) is 9.31. The maximum atomic E-state index is 4.43. The Kier molecular flexibility index (Phi) is 3.60. The van der Waals surface area contributed by atoms with Crippen LogP contribution >= 0.6 is 22.6 Å². The van der Waals surface area contributed by atoms with Crippen LogP contribution in [0.15, 0.2) is 36.5 Å². The molecule has 1 N–H and O–H groups in total. The van der Waals surface area contributed by atoms with E-state index < -0.39 is 0 Å². The second-order valence-corrected chi connectivity index (χ2v) is 4.93. The van der Waals surface area contributed by atoms with Gasteiger partial charge in [0.2, 0.25) is 0 Å². The average molecular weight is 327 g/mol. The standard InChI is InChI=1S/C12H14IN3/c1-14-12(11-7-8-16(2)15-11)9-3-5-10(13)6-4-9/h3-8,12,14H,1-2H3. The molecule has 0 saturated carbocycles. The zero-order chi connectivity index (χ0) is 11.5. The van der Waals surface area contributed by atoms with Gasteiger partial charge in [-0.15, -0.1) is 0 Å². The Morgan fingerprint density at radius 2 is 1.94 bits per heavy atom. The largest absolute Gasteiger partial charge is 0.308 e. The minimum absolute atomic E-state index is 0.165. The summed E-state index contributed by atoms with van der Waals surface area (Å²) in [5, 5.41) is 7.72. The molecule has 0 fully saturated rings. The summed E-state index contributed by atoms with van der Waals surface area (Å²) in [4.78, 5) is 0. The van der Waals surface area contributed by atoms with Crippen molar-refractivity contribution in [2.24, 2.45) is 7.05 Å². The molecule has 1 aromatic carbocycles. The first-order valence-electron chi connectivity index (χ1n) is 5.13. The van der Waals surface area contributed by atoms with Crippen LogP contribution in [0.3, 0.4) is 0 Å². The van der Waals surface area contributed by atoms with E-state index in [1.54, 1.807) is 0 Å². The fourth-order valence-electron chi connectivity index (χ4n) is 1.73. The van der Waals surface area contributed by atoms with E-state index in [0.29, 0.717) is 0 Å². The molecule has 0 aliphatic rings. The van der Waals surface area contributed by atoms with Crippen molar-refractivity contribution in [3.63, 3.8) is 0 Å². The van der Waals surface area contributed by atoms with Crippen molar-refractivity contribution in [3.8, 4) is 0 Å². The third kappa shape index (κ3) is 2.44. The molecule has 0 spiro atoms. The quantitative estimate of drug-likeness (QED) is 0.877. The number of aromatic nitrogens is 2. The van der Waals surface area contributed by atoms with Crippen LogP contribution in [-0.2, 0) is 7.05 Å². The number of nitrogens with one attached hydrogen (secondary N) is 1. The number of nitrogens with zero attached hydrogens (tertiary/aromatic N) is 2. The lowest BCUT2D eigenvalue weighted by atomic mass is 10.0. The Bertz CT molecular complexity index is 461. The third-order valence-electron chi connectivity index (χ3n) is 2.52. The van der Waals surface area contributed by atoms with Crippen molar-refractivity contribution < 1.29 is 0 Å². The molecule has 4 heteroatoms. The number of halogens is 1. The van der Waals surface area contributed by atoms with Crippen LogP contribution in [-0.4, -0.2) is 16.8 Å². The smallest absolute Gasteiger partial charge is 0.0839 e. The van der Waals surface area contributed by atoms with Crippen molar-refractivity contribution in [3.05, 3.63) is 51.4 Å². The first-order chi connectivity index (χ1) is 7.70. The molecule has 2 aromatic rings. The summed E-state index contributed by atoms with van der Waals surface area (Å²) in [5.74, 6) is 0. The number of benzene rings is 1. The lowest BCUT2D eigenvalue weighted by Crippen LogP contribution is -2.18. The van der Waals surface area contributed by atoms with Crippen molar-refractivity contribution in [2.75, 3.05) is 7.05 Å². The highest BCUT2D eigenvalue weighted by molar-refractivity contribution is 14.1. The third-order valence-corrected chi connectivity index (χ3v) is 3.24. The first-order valence-corrected chi connectivity index (χ1v) is 6.21. The Labute approximate surface area is 109 Å². The van der Waals surface area contributed by atoms with Gasteiger partial charge in [-0.25, -0.2) is 0 Å². The Morgan fingerprint density at radius 1 is 1.25 bits per heavy atom. The highest BCUT2D eigenvalue weighted by atomic mass is 127. The van der Waals surface area contributed by atoms with E-state index >= 15 is 0 Å². The summed E-state index contributed by atoms with van der Waals surface area (Å²) in [6.45, 7) is 0. The van der Waals surface area contributed by atoms with E-state index in [1.807, 2.05) is 31.0 Å². The van der Waals surface area contributed by atoms with Crippen LogP contribution in [0.5, 0.6) is 0 Å². The van der Waals surface area contributed by atoms with E-state index in [9.17, 15) is 0 Å². The molecule has 3 nitrogen and oxygen atoms in total. The second-order valence-electron chi connectivity index (χ2n) is 3.69. The molecule has 1 heterocycles. The zero-order valence-corrected chi connectivity index (χ0v) is 11.5. The molecule has 1 atom stereocenters. The van der Waals surface area contributed by atoms with Crippen molar-refractivity contribution in [1.82, 2.24) is 15.1 Å². The van der Waals surface area contributed by atoms with Crippen LogP contribution in [0, 0.1) is 3.57 Å². The van der Waals surface area contributed by atoms with Crippen molar-refractivity contribution >= 4 is 22.6 Å².